The molecule has 0 saturated heterocycles. The molecule has 0 atom stereocenters. The lowest BCUT2D eigenvalue weighted by molar-refractivity contribution is 0.0988. The Bertz CT molecular complexity index is 849. The molecule has 2 N–H and O–H groups in total. The van der Waals surface area contributed by atoms with Crippen molar-refractivity contribution in [2.75, 3.05) is 17.5 Å². The van der Waals surface area contributed by atoms with Gasteiger partial charge in [0.1, 0.15) is 12.4 Å². The fraction of sp³-hybridized carbons (Fsp3) is 0.316. The Morgan fingerprint density at radius 1 is 1.12 bits per heavy atom. The van der Waals surface area contributed by atoms with Crippen molar-refractivity contribution < 1.29 is 17.9 Å². The third kappa shape index (κ3) is 6.50. The number of ketones is 1. The summed E-state index contributed by atoms with van der Waals surface area (Å²) in [5.74, 6) is 0.248. The largest absolute Gasteiger partial charge is 0.487 e. The zero-order valence-corrected chi connectivity index (χ0v) is 16.0. The van der Waals surface area contributed by atoms with E-state index in [-0.39, 0.29) is 24.1 Å². The van der Waals surface area contributed by atoms with Crippen LogP contribution in [0.5, 0.6) is 5.75 Å². The van der Waals surface area contributed by atoms with Gasteiger partial charge in [-0.15, -0.1) is 0 Å². The van der Waals surface area contributed by atoms with Gasteiger partial charge in [0.15, 0.2) is 5.78 Å². The number of rotatable bonds is 9. The van der Waals surface area contributed by atoms with Gasteiger partial charge in [0.25, 0.3) is 0 Å². The zero-order chi connectivity index (χ0) is 19.2. The Labute approximate surface area is 154 Å². The van der Waals surface area contributed by atoms with Crippen LogP contribution < -0.4 is 14.8 Å². The number of carbonyl (C=O) groups is 1. The summed E-state index contributed by atoms with van der Waals surface area (Å²) in [4.78, 5) is 12.3. The van der Waals surface area contributed by atoms with Crippen LogP contribution in [0.2, 0.25) is 0 Å². The van der Waals surface area contributed by atoms with Gasteiger partial charge in [-0.1, -0.05) is 44.2 Å². The molecular formula is C19H24N2O4S. The maximum Gasteiger partial charge on any atom is 0.229 e. The molecule has 0 aliphatic carbocycles. The minimum absolute atomic E-state index is 0.120. The molecule has 0 heterocycles. The van der Waals surface area contributed by atoms with E-state index < -0.39 is 10.0 Å². The molecule has 7 heteroatoms. The highest BCUT2D eigenvalue weighted by atomic mass is 32.2. The number of hydrogen-bond donors (Lipinski definition) is 2. The monoisotopic (exact) mass is 376 g/mol. The van der Waals surface area contributed by atoms with Crippen molar-refractivity contribution in [1.29, 1.82) is 0 Å². The summed E-state index contributed by atoms with van der Waals surface area (Å²) < 4.78 is 31.5. The van der Waals surface area contributed by atoms with Crippen molar-refractivity contribution >= 4 is 21.5 Å². The summed E-state index contributed by atoms with van der Waals surface area (Å²) in [5, 5.41) is 3.05. The van der Waals surface area contributed by atoms with Crippen LogP contribution in [0.25, 0.3) is 0 Å². The molecule has 0 amide bonds. The fourth-order valence-electron chi connectivity index (χ4n) is 2.24. The second-order valence-electron chi connectivity index (χ2n) is 6.32. The molecule has 0 spiro atoms. The maximum atomic E-state index is 12.3. The van der Waals surface area contributed by atoms with Crippen LogP contribution >= 0.6 is 0 Å². The molecule has 0 bridgehead atoms. The van der Waals surface area contributed by atoms with Gasteiger partial charge in [0.05, 0.1) is 18.5 Å². The lowest BCUT2D eigenvalue weighted by atomic mass is 10.1. The summed E-state index contributed by atoms with van der Waals surface area (Å²) in [7, 11) is -3.51. The van der Waals surface area contributed by atoms with E-state index >= 15 is 0 Å². The predicted molar refractivity (Wildman–Crippen MR) is 103 cm³/mol. The molecule has 2 aromatic rings. The van der Waals surface area contributed by atoms with E-state index in [0.29, 0.717) is 17.9 Å². The Kier molecular flexibility index (Phi) is 6.76. The van der Waals surface area contributed by atoms with Gasteiger partial charge in [-0.05, 0) is 23.8 Å². The first kappa shape index (κ1) is 19.9. The quantitative estimate of drug-likeness (QED) is 0.658. The van der Waals surface area contributed by atoms with Gasteiger partial charge in [0, 0.05) is 11.6 Å². The third-order valence-corrected chi connectivity index (χ3v) is 4.10. The molecule has 2 rings (SSSR count). The van der Waals surface area contributed by atoms with Gasteiger partial charge < -0.3 is 10.1 Å². The predicted octanol–water partition coefficient (Wildman–Crippen LogP) is 2.82. The summed E-state index contributed by atoms with van der Waals surface area (Å²) in [6.45, 7) is 4.37. The highest BCUT2D eigenvalue weighted by molar-refractivity contribution is 7.92. The van der Waals surface area contributed by atoms with Crippen LogP contribution in [0, 0.1) is 0 Å². The van der Waals surface area contributed by atoms with E-state index in [1.807, 2.05) is 44.2 Å². The van der Waals surface area contributed by atoms with Gasteiger partial charge in [-0.3, -0.25) is 9.52 Å². The van der Waals surface area contributed by atoms with E-state index in [9.17, 15) is 13.2 Å². The first-order valence-electron chi connectivity index (χ1n) is 8.30. The zero-order valence-electron chi connectivity index (χ0n) is 15.2. The molecule has 26 heavy (non-hydrogen) atoms. The van der Waals surface area contributed by atoms with E-state index in [1.165, 1.54) is 6.07 Å². The molecular weight excluding hydrogens is 352 g/mol. The molecule has 0 fully saturated rings. The van der Waals surface area contributed by atoms with Crippen molar-refractivity contribution in [3.05, 3.63) is 59.7 Å². The summed E-state index contributed by atoms with van der Waals surface area (Å²) in [6.07, 6.45) is 1.06. The highest BCUT2D eigenvalue weighted by Gasteiger charge is 2.14. The van der Waals surface area contributed by atoms with Crippen LogP contribution in [0.4, 0.5) is 5.69 Å². The molecule has 0 unspecified atom stereocenters. The summed E-state index contributed by atoms with van der Waals surface area (Å²) >= 11 is 0. The molecule has 0 aliphatic heterocycles. The maximum absolute atomic E-state index is 12.3. The number of Topliss-reactive ketones (excluding diaryl/α,β-unsaturated/α-hetero) is 1. The van der Waals surface area contributed by atoms with Crippen molar-refractivity contribution in [1.82, 2.24) is 5.32 Å². The average molecular weight is 376 g/mol. The summed E-state index contributed by atoms with van der Waals surface area (Å²) in [5.41, 5.74) is 1.62. The Balaban J connectivity index is 2.22. The van der Waals surface area contributed by atoms with E-state index in [1.54, 1.807) is 12.1 Å². The van der Waals surface area contributed by atoms with Crippen molar-refractivity contribution in [3.8, 4) is 5.75 Å². The third-order valence-electron chi connectivity index (χ3n) is 3.50. The van der Waals surface area contributed by atoms with Crippen molar-refractivity contribution in [2.45, 2.75) is 26.5 Å². The second kappa shape index (κ2) is 8.82. The van der Waals surface area contributed by atoms with Crippen molar-refractivity contribution in [2.24, 2.45) is 0 Å². The molecule has 0 radical (unpaired) electrons. The highest BCUT2D eigenvalue weighted by Crippen LogP contribution is 2.28. The molecule has 2 aromatic carbocycles. The Hall–Kier alpha value is -2.38. The van der Waals surface area contributed by atoms with Crippen LogP contribution in [-0.4, -0.2) is 33.0 Å². The smallest absolute Gasteiger partial charge is 0.229 e. The number of carbonyl (C=O) groups excluding carboxylic acids is 1. The van der Waals surface area contributed by atoms with Crippen LogP contribution in [0.3, 0.4) is 0 Å². The second-order valence-corrected chi connectivity index (χ2v) is 8.07. The minimum Gasteiger partial charge on any atom is -0.487 e. The lowest BCUT2D eigenvalue weighted by Gasteiger charge is -2.14. The van der Waals surface area contributed by atoms with Crippen LogP contribution in [0.15, 0.2) is 48.5 Å². The van der Waals surface area contributed by atoms with E-state index in [0.717, 1.165) is 11.8 Å². The molecule has 0 aromatic heterocycles. The van der Waals surface area contributed by atoms with Gasteiger partial charge >= 0.3 is 0 Å². The molecule has 6 nitrogen and oxygen atoms in total. The summed E-state index contributed by atoms with van der Waals surface area (Å²) in [6, 6.07) is 14.5. The molecule has 0 saturated carbocycles. The number of benzene rings is 2. The average Bonchev–Trinajstić information content (AvgIpc) is 2.58. The van der Waals surface area contributed by atoms with Gasteiger partial charge in [-0.25, -0.2) is 8.42 Å². The van der Waals surface area contributed by atoms with Crippen LogP contribution in [-0.2, 0) is 16.6 Å². The molecule has 140 valence electrons. The number of sulfonamides is 1. The van der Waals surface area contributed by atoms with Gasteiger partial charge in [-0.2, -0.15) is 0 Å². The minimum atomic E-state index is -3.51. The fourth-order valence-corrected chi connectivity index (χ4v) is 2.80. The topological polar surface area (TPSA) is 84.5 Å². The molecule has 0 aliphatic rings. The standard InChI is InChI=1S/C19H24N2O4S/c1-14(2)20-12-18(22)16-9-10-19(17(11-16)21-26(3,23)24)25-13-15-7-5-4-6-8-15/h4-11,14,20-21H,12-13H2,1-3H3. The lowest BCUT2D eigenvalue weighted by Crippen LogP contribution is -2.29. The Morgan fingerprint density at radius 2 is 1.81 bits per heavy atom. The van der Waals surface area contributed by atoms with E-state index in [4.69, 9.17) is 4.74 Å². The SMILES string of the molecule is CC(C)NCC(=O)c1ccc(OCc2ccccc2)c(NS(C)(=O)=O)c1. The number of hydrogen-bond acceptors (Lipinski definition) is 5. The number of nitrogens with one attached hydrogen (secondary N) is 2. The number of anilines is 1. The normalized spacial score (nSPS) is 11.4. The Morgan fingerprint density at radius 3 is 2.42 bits per heavy atom. The van der Waals surface area contributed by atoms with E-state index in [2.05, 4.69) is 10.0 Å². The first-order chi connectivity index (χ1) is 12.2. The van der Waals surface area contributed by atoms with Gasteiger partial charge in [0.2, 0.25) is 10.0 Å². The van der Waals surface area contributed by atoms with Crippen molar-refractivity contribution in [3.63, 3.8) is 0 Å². The first-order valence-corrected chi connectivity index (χ1v) is 10.2. The number of ether oxygens (including phenoxy) is 1. The van der Waals surface area contributed by atoms with Crippen LogP contribution in [0.1, 0.15) is 29.8 Å².